The first-order chi connectivity index (χ1) is 6.49. The van der Waals surface area contributed by atoms with Crippen molar-refractivity contribution in [3.8, 4) is 0 Å². The summed E-state index contributed by atoms with van der Waals surface area (Å²) in [7, 11) is 0. The van der Waals surface area contributed by atoms with E-state index in [1.54, 1.807) is 0 Å². The zero-order chi connectivity index (χ0) is 10.5. The van der Waals surface area contributed by atoms with E-state index >= 15 is 0 Å². The SMILES string of the molecule is CCC1C(C)C(=O)N2C1COC2(C)C. The molecule has 2 saturated heterocycles. The van der Waals surface area contributed by atoms with Crippen LogP contribution in [0.1, 0.15) is 34.1 Å². The van der Waals surface area contributed by atoms with Crippen molar-refractivity contribution in [1.29, 1.82) is 0 Å². The van der Waals surface area contributed by atoms with Crippen molar-refractivity contribution in [2.75, 3.05) is 6.61 Å². The molecular weight excluding hydrogens is 178 g/mol. The van der Waals surface area contributed by atoms with Crippen molar-refractivity contribution in [1.82, 2.24) is 4.90 Å². The maximum absolute atomic E-state index is 12.0. The molecule has 3 nitrogen and oxygen atoms in total. The molecule has 3 atom stereocenters. The number of rotatable bonds is 1. The maximum atomic E-state index is 12.0. The molecule has 2 heterocycles. The topological polar surface area (TPSA) is 29.5 Å². The molecule has 0 aromatic heterocycles. The summed E-state index contributed by atoms with van der Waals surface area (Å²) in [5, 5.41) is 0. The average molecular weight is 197 g/mol. The molecule has 0 aliphatic carbocycles. The fourth-order valence-electron chi connectivity index (χ4n) is 2.94. The Morgan fingerprint density at radius 2 is 2.21 bits per heavy atom. The van der Waals surface area contributed by atoms with E-state index in [-0.39, 0.29) is 17.6 Å². The normalized spacial score (nSPS) is 40.4. The van der Waals surface area contributed by atoms with Gasteiger partial charge < -0.3 is 9.64 Å². The van der Waals surface area contributed by atoms with Crippen molar-refractivity contribution < 1.29 is 9.53 Å². The number of nitrogens with zero attached hydrogens (tertiary/aromatic N) is 1. The van der Waals surface area contributed by atoms with Gasteiger partial charge in [-0.3, -0.25) is 4.79 Å². The van der Waals surface area contributed by atoms with Crippen molar-refractivity contribution in [2.45, 2.75) is 45.9 Å². The molecule has 2 fully saturated rings. The second-order valence-electron chi connectivity index (χ2n) is 4.89. The minimum Gasteiger partial charge on any atom is -0.354 e. The lowest BCUT2D eigenvalue weighted by atomic mass is 9.90. The van der Waals surface area contributed by atoms with E-state index in [9.17, 15) is 4.79 Å². The van der Waals surface area contributed by atoms with Crippen LogP contribution in [0.3, 0.4) is 0 Å². The molecule has 0 radical (unpaired) electrons. The Bertz CT molecular complexity index is 262. The van der Waals surface area contributed by atoms with E-state index in [0.29, 0.717) is 18.6 Å². The van der Waals surface area contributed by atoms with Crippen LogP contribution in [0.2, 0.25) is 0 Å². The predicted octanol–water partition coefficient (Wildman–Crippen LogP) is 1.63. The van der Waals surface area contributed by atoms with E-state index in [1.807, 2.05) is 25.7 Å². The molecule has 80 valence electrons. The molecule has 14 heavy (non-hydrogen) atoms. The first kappa shape index (κ1) is 9.97. The fraction of sp³-hybridized carbons (Fsp3) is 0.909. The van der Waals surface area contributed by atoms with Crippen LogP contribution in [0, 0.1) is 11.8 Å². The van der Waals surface area contributed by atoms with Crippen LogP contribution in [0.5, 0.6) is 0 Å². The van der Waals surface area contributed by atoms with E-state index in [1.165, 1.54) is 0 Å². The monoisotopic (exact) mass is 197 g/mol. The number of ether oxygens (including phenoxy) is 1. The molecule has 3 unspecified atom stereocenters. The van der Waals surface area contributed by atoms with Crippen LogP contribution in [-0.4, -0.2) is 29.2 Å². The van der Waals surface area contributed by atoms with Crippen molar-refractivity contribution in [3.63, 3.8) is 0 Å². The zero-order valence-electron chi connectivity index (χ0n) is 9.41. The number of carbonyl (C=O) groups is 1. The first-order valence-electron chi connectivity index (χ1n) is 5.46. The molecule has 1 amide bonds. The molecule has 0 aromatic carbocycles. The third kappa shape index (κ3) is 1.11. The predicted molar refractivity (Wildman–Crippen MR) is 53.6 cm³/mol. The van der Waals surface area contributed by atoms with Crippen molar-refractivity contribution in [2.24, 2.45) is 11.8 Å². The molecule has 2 aliphatic heterocycles. The summed E-state index contributed by atoms with van der Waals surface area (Å²) < 4.78 is 5.66. The van der Waals surface area contributed by atoms with Gasteiger partial charge in [-0.2, -0.15) is 0 Å². The number of fused-ring (bicyclic) bond motifs is 1. The van der Waals surface area contributed by atoms with Crippen LogP contribution in [0.25, 0.3) is 0 Å². The number of hydrogen-bond donors (Lipinski definition) is 0. The Morgan fingerprint density at radius 3 is 2.79 bits per heavy atom. The first-order valence-corrected chi connectivity index (χ1v) is 5.46. The maximum Gasteiger partial charge on any atom is 0.228 e. The highest BCUT2D eigenvalue weighted by Gasteiger charge is 2.54. The van der Waals surface area contributed by atoms with E-state index in [2.05, 4.69) is 6.92 Å². The minimum atomic E-state index is -0.389. The summed E-state index contributed by atoms with van der Waals surface area (Å²) >= 11 is 0. The van der Waals surface area contributed by atoms with Gasteiger partial charge in [-0.25, -0.2) is 0 Å². The lowest BCUT2D eigenvalue weighted by Gasteiger charge is -2.29. The van der Waals surface area contributed by atoms with E-state index < -0.39 is 0 Å². The standard InChI is InChI=1S/C11H19NO2/c1-5-8-7(2)10(13)12-9(8)6-14-11(12,3)4/h7-9H,5-6H2,1-4H3. The second-order valence-corrected chi connectivity index (χ2v) is 4.89. The highest BCUT2D eigenvalue weighted by atomic mass is 16.5. The Kier molecular flexibility index (Phi) is 2.11. The van der Waals surface area contributed by atoms with Gasteiger partial charge in [0.15, 0.2) is 0 Å². The molecular formula is C11H19NO2. The minimum absolute atomic E-state index is 0.174. The molecule has 0 saturated carbocycles. The van der Waals surface area contributed by atoms with Gasteiger partial charge in [0.2, 0.25) is 5.91 Å². The molecule has 0 bridgehead atoms. The third-order valence-electron chi connectivity index (χ3n) is 3.75. The van der Waals surface area contributed by atoms with Gasteiger partial charge in [0, 0.05) is 5.92 Å². The quantitative estimate of drug-likeness (QED) is 0.639. The second kappa shape index (κ2) is 2.96. The van der Waals surface area contributed by atoms with Gasteiger partial charge in [0.05, 0.1) is 12.6 Å². The van der Waals surface area contributed by atoms with Gasteiger partial charge in [0.1, 0.15) is 5.72 Å². The van der Waals surface area contributed by atoms with Gasteiger partial charge >= 0.3 is 0 Å². The van der Waals surface area contributed by atoms with Crippen molar-refractivity contribution in [3.05, 3.63) is 0 Å². The Balaban J connectivity index is 2.30. The molecule has 2 rings (SSSR count). The number of hydrogen-bond acceptors (Lipinski definition) is 2. The molecule has 3 heteroatoms. The average Bonchev–Trinajstić information content (AvgIpc) is 2.53. The Labute approximate surface area is 85.4 Å². The summed E-state index contributed by atoms with van der Waals surface area (Å²) in [4.78, 5) is 14.0. The van der Waals surface area contributed by atoms with Crippen LogP contribution < -0.4 is 0 Å². The zero-order valence-corrected chi connectivity index (χ0v) is 9.41. The van der Waals surface area contributed by atoms with Gasteiger partial charge in [-0.15, -0.1) is 0 Å². The number of carbonyl (C=O) groups excluding carboxylic acids is 1. The van der Waals surface area contributed by atoms with Crippen LogP contribution in [0.4, 0.5) is 0 Å². The summed E-state index contributed by atoms with van der Waals surface area (Å²) in [6, 6.07) is 0.317. The van der Waals surface area contributed by atoms with Gasteiger partial charge in [-0.05, 0) is 19.8 Å². The molecule has 2 aliphatic rings. The third-order valence-corrected chi connectivity index (χ3v) is 3.75. The Hall–Kier alpha value is -0.570. The lowest BCUT2D eigenvalue weighted by molar-refractivity contribution is -0.144. The summed E-state index contributed by atoms with van der Waals surface area (Å²) in [6.45, 7) is 8.88. The van der Waals surface area contributed by atoms with E-state index in [4.69, 9.17) is 4.74 Å². The van der Waals surface area contributed by atoms with Crippen LogP contribution >= 0.6 is 0 Å². The van der Waals surface area contributed by atoms with Crippen LogP contribution in [0.15, 0.2) is 0 Å². The van der Waals surface area contributed by atoms with Gasteiger partial charge in [0.25, 0.3) is 0 Å². The van der Waals surface area contributed by atoms with Gasteiger partial charge in [-0.1, -0.05) is 20.3 Å². The molecule has 0 spiro atoms. The fourth-order valence-corrected chi connectivity index (χ4v) is 2.94. The van der Waals surface area contributed by atoms with E-state index in [0.717, 1.165) is 6.42 Å². The highest BCUT2D eigenvalue weighted by Crippen LogP contribution is 2.42. The van der Waals surface area contributed by atoms with Crippen molar-refractivity contribution >= 4 is 5.91 Å². The number of amides is 1. The smallest absolute Gasteiger partial charge is 0.228 e. The largest absolute Gasteiger partial charge is 0.354 e. The molecule has 0 N–H and O–H groups in total. The highest BCUT2D eigenvalue weighted by molar-refractivity contribution is 5.82. The van der Waals surface area contributed by atoms with Crippen LogP contribution in [-0.2, 0) is 9.53 Å². The molecule has 0 aromatic rings. The lowest BCUT2D eigenvalue weighted by Crippen LogP contribution is -2.44. The summed E-state index contributed by atoms with van der Waals surface area (Å²) in [5.41, 5.74) is -0.389. The summed E-state index contributed by atoms with van der Waals surface area (Å²) in [5.74, 6) is 0.918. The summed E-state index contributed by atoms with van der Waals surface area (Å²) in [6.07, 6.45) is 1.06. The Morgan fingerprint density at radius 1 is 1.57 bits per heavy atom.